The number of imidazole rings is 1. The number of hydrogen-bond acceptors (Lipinski definition) is 4. The summed E-state index contributed by atoms with van der Waals surface area (Å²) < 4.78 is 27.8. The maximum Gasteiger partial charge on any atom is 0.263 e. The van der Waals surface area contributed by atoms with Crippen molar-refractivity contribution in [3.05, 3.63) is 53.6 Å². The van der Waals surface area contributed by atoms with Gasteiger partial charge in [0.1, 0.15) is 0 Å². The van der Waals surface area contributed by atoms with Gasteiger partial charge in [0.25, 0.3) is 12.3 Å². The molecule has 168 valence electrons. The Morgan fingerprint density at radius 3 is 2.78 bits per heavy atom. The lowest BCUT2D eigenvalue weighted by atomic mass is 10.1. The lowest BCUT2D eigenvalue weighted by Gasteiger charge is -2.26. The van der Waals surface area contributed by atoms with Crippen LogP contribution in [0.25, 0.3) is 11.0 Å². The molecular weight excluding hydrogens is 418 g/mol. The molecule has 1 fully saturated rings. The van der Waals surface area contributed by atoms with E-state index < -0.39 is 12.3 Å². The number of rotatable bonds is 7. The van der Waals surface area contributed by atoms with Crippen LogP contribution >= 0.6 is 0 Å². The lowest BCUT2D eigenvalue weighted by molar-refractivity contribution is -0.119. The van der Waals surface area contributed by atoms with E-state index in [0.717, 1.165) is 30.1 Å². The summed E-state index contributed by atoms with van der Waals surface area (Å²) in [5.41, 5.74) is 1.95. The monoisotopic (exact) mass is 442 g/mol. The molecule has 0 unspecified atom stereocenters. The number of piperidine rings is 1. The molecule has 2 N–H and O–H groups in total. The highest BCUT2D eigenvalue weighted by Gasteiger charge is 2.21. The van der Waals surface area contributed by atoms with E-state index in [1.54, 1.807) is 15.5 Å². The van der Waals surface area contributed by atoms with Gasteiger partial charge in [0, 0.05) is 42.9 Å². The van der Waals surface area contributed by atoms with E-state index in [4.69, 9.17) is 0 Å². The van der Waals surface area contributed by atoms with Crippen molar-refractivity contribution in [3.63, 3.8) is 0 Å². The average Bonchev–Trinajstić information content (AvgIpc) is 3.14. The molecule has 2 aromatic carbocycles. The van der Waals surface area contributed by atoms with Crippen molar-refractivity contribution in [1.82, 2.24) is 9.55 Å². The molecule has 2 amide bonds. The molecule has 0 bridgehead atoms. The maximum absolute atomic E-state index is 13.0. The summed E-state index contributed by atoms with van der Waals surface area (Å²) in [5, 5.41) is 12.0. The topological polar surface area (TPSA) is 87.5 Å². The third-order valence-corrected chi connectivity index (χ3v) is 5.53. The number of aliphatic hydroxyl groups is 1. The standard InChI is InChI=1S/C23H24F2N4O3/c24-21(25)15-5-3-6-16(13-15)22(32)27-23-26-18-14-17(28-10-2-1-7-20(28)31)8-9-19(18)29(23)11-4-12-30/h3,5-6,8-9,13-14,21,30H,1-2,4,7,10-12H2,(H,26,27,32). The van der Waals surface area contributed by atoms with Crippen LogP contribution in [0.4, 0.5) is 20.4 Å². The fourth-order valence-corrected chi connectivity index (χ4v) is 3.90. The number of fused-ring (bicyclic) bond motifs is 1. The van der Waals surface area contributed by atoms with Crippen LogP contribution in [-0.4, -0.2) is 39.6 Å². The zero-order valence-corrected chi connectivity index (χ0v) is 17.4. The van der Waals surface area contributed by atoms with E-state index in [-0.39, 0.29) is 29.6 Å². The number of aromatic nitrogens is 2. The van der Waals surface area contributed by atoms with E-state index in [1.807, 2.05) is 12.1 Å². The molecule has 3 aromatic rings. The van der Waals surface area contributed by atoms with Crippen LogP contribution in [0.15, 0.2) is 42.5 Å². The van der Waals surface area contributed by atoms with Crippen molar-refractivity contribution in [2.24, 2.45) is 0 Å². The van der Waals surface area contributed by atoms with Crippen molar-refractivity contribution in [1.29, 1.82) is 0 Å². The van der Waals surface area contributed by atoms with Crippen LogP contribution in [0.3, 0.4) is 0 Å². The van der Waals surface area contributed by atoms with Crippen LogP contribution in [-0.2, 0) is 11.3 Å². The summed E-state index contributed by atoms with van der Waals surface area (Å²) in [4.78, 5) is 31.3. The molecule has 1 aliphatic rings. The molecule has 32 heavy (non-hydrogen) atoms. The van der Waals surface area contributed by atoms with Crippen LogP contribution in [0.2, 0.25) is 0 Å². The van der Waals surface area contributed by atoms with Crippen molar-refractivity contribution < 1.29 is 23.5 Å². The number of nitrogens with zero attached hydrogens (tertiary/aromatic N) is 3. The van der Waals surface area contributed by atoms with Crippen molar-refractivity contribution in [2.75, 3.05) is 23.4 Å². The molecule has 1 aliphatic heterocycles. The van der Waals surface area contributed by atoms with E-state index in [2.05, 4.69) is 10.3 Å². The SMILES string of the molecule is O=C(Nc1nc2cc(N3CCCCC3=O)ccc2n1CCCO)c1cccc(C(F)F)c1. The highest BCUT2D eigenvalue weighted by molar-refractivity contribution is 6.04. The molecule has 0 atom stereocenters. The highest BCUT2D eigenvalue weighted by atomic mass is 19.3. The van der Waals surface area contributed by atoms with Gasteiger partial charge in [-0.15, -0.1) is 0 Å². The third-order valence-electron chi connectivity index (χ3n) is 5.53. The maximum atomic E-state index is 13.0. The van der Waals surface area contributed by atoms with Gasteiger partial charge in [-0.1, -0.05) is 12.1 Å². The molecule has 1 saturated heterocycles. The number of aliphatic hydroxyl groups excluding tert-OH is 1. The molecule has 2 heterocycles. The summed E-state index contributed by atoms with van der Waals surface area (Å²) >= 11 is 0. The molecular formula is C23H24F2N4O3. The number of hydrogen-bond donors (Lipinski definition) is 2. The molecule has 0 aliphatic carbocycles. The first-order chi connectivity index (χ1) is 15.5. The second kappa shape index (κ2) is 9.44. The first-order valence-corrected chi connectivity index (χ1v) is 10.6. The number of carbonyl (C=O) groups excluding carboxylic acids is 2. The van der Waals surface area contributed by atoms with Gasteiger partial charge in [-0.3, -0.25) is 14.9 Å². The Morgan fingerprint density at radius 2 is 2.03 bits per heavy atom. The lowest BCUT2D eigenvalue weighted by Crippen LogP contribution is -2.35. The summed E-state index contributed by atoms with van der Waals surface area (Å²) in [5.74, 6) is -0.231. The first-order valence-electron chi connectivity index (χ1n) is 10.6. The number of amides is 2. The number of alkyl halides is 2. The van der Waals surface area contributed by atoms with Gasteiger partial charge in [-0.05, 0) is 49.6 Å². The van der Waals surface area contributed by atoms with E-state index in [0.29, 0.717) is 31.4 Å². The molecule has 0 saturated carbocycles. The molecule has 1 aromatic heterocycles. The van der Waals surface area contributed by atoms with Crippen molar-refractivity contribution >= 4 is 34.5 Å². The predicted molar refractivity (Wildman–Crippen MR) is 117 cm³/mol. The number of halogens is 2. The Labute approximate surface area is 183 Å². The van der Waals surface area contributed by atoms with Crippen LogP contribution in [0.1, 0.15) is 48.0 Å². The van der Waals surface area contributed by atoms with Gasteiger partial charge in [-0.2, -0.15) is 0 Å². The Kier molecular flexibility index (Phi) is 6.45. The minimum absolute atomic E-state index is 0.0378. The molecule has 9 heteroatoms. The van der Waals surface area contributed by atoms with Crippen molar-refractivity contribution in [3.8, 4) is 0 Å². The van der Waals surface area contributed by atoms with Crippen LogP contribution < -0.4 is 10.2 Å². The smallest absolute Gasteiger partial charge is 0.263 e. The summed E-state index contributed by atoms with van der Waals surface area (Å²) in [6.45, 7) is 1.02. The van der Waals surface area contributed by atoms with Crippen LogP contribution in [0, 0.1) is 0 Å². The Hall–Kier alpha value is -3.33. The molecule has 0 radical (unpaired) electrons. The fraction of sp³-hybridized carbons (Fsp3) is 0.348. The second-order valence-corrected chi connectivity index (χ2v) is 7.72. The molecule has 4 rings (SSSR count). The number of aryl methyl sites for hydroxylation is 1. The number of nitrogens with one attached hydrogen (secondary N) is 1. The minimum atomic E-state index is -2.67. The van der Waals surface area contributed by atoms with Gasteiger partial charge in [0.2, 0.25) is 11.9 Å². The van der Waals surface area contributed by atoms with E-state index >= 15 is 0 Å². The summed E-state index contributed by atoms with van der Waals surface area (Å²) in [6, 6.07) is 10.8. The van der Waals surface area contributed by atoms with Gasteiger partial charge in [0.05, 0.1) is 11.0 Å². The van der Waals surface area contributed by atoms with Crippen molar-refractivity contribution in [2.45, 2.75) is 38.7 Å². The quantitative estimate of drug-likeness (QED) is 0.576. The number of anilines is 2. The summed E-state index contributed by atoms with van der Waals surface area (Å²) in [6.07, 6.45) is 0.112. The normalized spacial score (nSPS) is 14.4. The number of benzene rings is 2. The highest BCUT2D eigenvalue weighted by Crippen LogP contribution is 2.28. The third kappa shape index (κ3) is 4.47. The van der Waals surface area contributed by atoms with Crippen LogP contribution in [0.5, 0.6) is 0 Å². The first kappa shape index (κ1) is 21.9. The fourth-order valence-electron chi connectivity index (χ4n) is 3.90. The zero-order chi connectivity index (χ0) is 22.7. The Morgan fingerprint density at radius 1 is 1.19 bits per heavy atom. The summed E-state index contributed by atoms with van der Waals surface area (Å²) in [7, 11) is 0. The van der Waals surface area contributed by atoms with E-state index in [9.17, 15) is 23.5 Å². The van der Waals surface area contributed by atoms with E-state index in [1.165, 1.54) is 18.2 Å². The van der Waals surface area contributed by atoms with Gasteiger partial charge >= 0.3 is 0 Å². The molecule has 7 nitrogen and oxygen atoms in total. The van der Waals surface area contributed by atoms with Gasteiger partial charge in [-0.25, -0.2) is 13.8 Å². The zero-order valence-electron chi connectivity index (χ0n) is 17.4. The second-order valence-electron chi connectivity index (χ2n) is 7.72. The Balaban J connectivity index is 1.67. The Bertz CT molecular complexity index is 1150. The largest absolute Gasteiger partial charge is 0.396 e. The van der Waals surface area contributed by atoms with Gasteiger partial charge < -0.3 is 14.6 Å². The average molecular weight is 442 g/mol. The minimum Gasteiger partial charge on any atom is -0.396 e. The number of carbonyl (C=O) groups is 2. The predicted octanol–water partition coefficient (Wildman–Crippen LogP) is 4.13. The van der Waals surface area contributed by atoms with Gasteiger partial charge in [0.15, 0.2) is 0 Å². The molecule has 0 spiro atoms.